The Morgan fingerprint density at radius 3 is 3.20 bits per heavy atom. The van der Waals surface area contributed by atoms with E-state index in [9.17, 15) is 4.79 Å². The highest BCUT2D eigenvalue weighted by molar-refractivity contribution is 5.71. The molecule has 0 saturated heterocycles. The van der Waals surface area contributed by atoms with Gasteiger partial charge in [0.1, 0.15) is 12.2 Å². The first-order chi connectivity index (χ1) is 7.31. The molecule has 0 aliphatic heterocycles. The van der Waals surface area contributed by atoms with Crippen molar-refractivity contribution in [2.45, 2.75) is 13.3 Å². The fourth-order valence-electron chi connectivity index (χ4n) is 1.26. The van der Waals surface area contributed by atoms with Crippen LogP contribution in [0.25, 0.3) is 5.65 Å². The lowest BCUT2D eigenvalue weighted by atomic mass is 10.4. The Balaban J connectivity index is 2.25. The third-order valence-electron chi connectivity index (χ3n) is 1.89. The van der Waals surface area contributed by atoms with Gasteiger partial charge in [0, 0.05) is 12.4 Å². The molecule has 0 aromatic carbocycles. The summed E-state index contributed by atoms with van der Waals surface area (Å²) in [5.74, 6) is 0.259. The summed E-state index contributed by atoms with van der Waals surface area (Å²) in [5.41, 5.74) is 0.622. The van der Waals surface area contributed by atoms with Crippen molar-refractivity contribution < 1.29 is 9.53 Å². The largest absolute Gasteiger partial charge is 0.466 e. The van der Waals surface area contributed by atoms with Crippen LogP contribution in [-0.4, -0.2) is 32.2 Å². The zero-order chi connectivity index (χ0) is 10.7. The van der Waals surface area contributed by atoms with Crippen LogP contribution in [0.5, 0.6) is 0 Å². The van der Waals surface area contributed by atoms with E-state index >= 15 is 0 Å². The van der Waals surface area contributed by atoms with Gasteiger partial charge in [-0.15, -0.1) is 10.2 Å². The van der Waals surface area contributed by atoms with Crippen LogP contribution >= 0.6 is 0 Å². The minimum Gasteiger partial charge on any atom is -0.466 e. The van der Waals surface area contributed by atoms with Gasteiger partial charge >= 0.3 is 5.97 Å². The van der Waals surface area contributed by atoms with Crippen LogP contribution in [0.1, 0.15) is 12.7 Å². The van der Waals surface area contributed by atoms with Crippen LogP contribution in [0.2, 0.25) is 0 Å². The van der Waals surface area contributed by atoms with Gasteiger partial charge in [0.2, 0.25) is 0 Å². The molecule has 0 fully saturated rings. The number of aromatic nitrogens is 4. The van der Waals surface area contributed by atoms with Crippen LogP contribution in [0.3, 0.4) is 0 Å². The number of ether oxygens (including phenoxy) is 1. The Hall–Kier alpha value is -1.98. The molecule has 0 saturated carbocycles. The summed E-state index contributed by atoms with van der Waals surface area (Å²) < 4.78 is 6.54. The van der Waals surface area contributed by atoms with Crippen molar-refractivity contribution in [2.75, 3.05) is 6.61 Å². The maximum Gasteiger partial charge on any atom is 0.313 e. The van der Waals surface area contributed by atoms with Gasteiger partial charge in [-0.2, -0.15) is 0 Å². The lowest BCUT2D eigenvalue weighted by molar-refractivity contribution is -0.142. The maximum atomic E-state index is 11.2. The predicted molar refractivity (Wildman–Crippen MR) is 51.1 cm³/mol. The summed E-state index contributed by atoms with van der Waals surface area (Å²) in [6.07, 6.45) is 5.04. The lowest BCUT2D eigenvalue weighted by Crippen LogP contribution is -2.10. The zero-order valence-electron chi connectivity index (χ0n) is 8.25. The Morgan fingerprint density at radius 2 is 2.40 bits per heavy atom. The fourth-order valence-corrected chi connectivity index (χ4v) is 1.26. The SMILES string of the molecule is CCOC(=O)Cc1nnc2cnccn12. The van der Waals surface area contributed by atoms with E-state index < -0.39 is 0 Å². The van der Waals surface area contributed by atoms with Crippen LogP contribution in [0, 0.1) is 0 Å². The fraction of sp³-hybridized carbons (Fsp3) is 0.333. The average Bonchev–Trinajstić information content (AvgIpc) is 2.62. The van der Waals surface area contributed by atoms with Crippen molar-refractivity contribution in [3.63, 3.8) is 0 Å². The second kappa shape index (κ2) is 4.04. The molecule has 2 heterocycles. The molecule has 0 bridgehead atoms. The van der Waals surface area contributed by atoms with E-state index in [2.05, 4.69) is 15.2 Å². The topological polar surface area (TPSA) is 69.4 Å². The molecule has 0 amide bonds. The van der Waals surface area contributed by atoms with Crippen LogP contribution in [-0.2, 0) is 16.0 Å². The first-order valence-electron chi connectivity index (χ1n) is 4.60. The predicted octanol–water partition coefficient (Wildman–Crippen LogP) is 0.230. The molecular formula is C9H10N4O2. The monoisotopic (exact) mass is 206 g/mol. The molecule has 6 nitrogen and oxygen atoms in total. The first-order valence-corrected chi connectivity index (χ1v) is 4.60. The van der Waals surface area contributed by atoms with Crippen molar-refractivity contribution in [2.24, 2.45) is 0 Å². The van der Waals surface area contributed by atoms with Crippen molar-refractivity contribution >= 4 is 11.6 Å². The number of fused-ring (bicyclic) bond motifs is 1. The Kier molecular flexibility index (Phi) is 2.57. The highest BCUT2D eigenvalue weighted by Gasteiger charge is 2.10. The number of rotatable bonds is 3. The van der Waals surface area contributed by atoms with Gasteiger partial charge in [-0.05, 0) is 6.92 Å². The molecule has 0 N–H and O–H groups in total. The van der Waals surface area contributed by atoms with E-state index in [1.165, 1.54) is 0 Å². The lowest BCUT2D eigenvalue weighted by Gasteiger charge is -1.99. The first kappa shape index (κ1) is 9.57. The average molecular weight is 206 g/mol. The summed E-state index contributed by atoms with van der Waals surface area (Å²) >= 11 is 0. The minimum absolute atomic E-state index is 0.124. The number of carbonyl (C=O) groups excluding carboxylic acids is 1. The molecule has 6 heteroatoms. The molecule has 15 heavy (non-hydrogen) atoms. The van der Waals surface area contributed by atoms with Crippen LogP contribution < -0.4 is 0 Å². The Labute approximate surface area is 85.9 Å². The molecule has 0 radical (unpaired) electrons. The van der Waals surface area contributed by atoms with Gasteiger partial charge in [0.05, 0.1) is 12.8 Å². The highest BCUT2D eigenvalue weighted by Crippen LogP contribution is 2.02. The number of hydrogen-bond acceptors (Lipinski definition) is 5. The van der Waals surface area contributed by atoms with E-state index in [1.807, 2.05) is 0 Å². The standard InChI is InChI=1S/C9H10N4O2/c1-2-15-9(14)5-7-11-12-8-6-10-3-4-13(7)8/h3-4,6H,2,5H2,1H3. The normalized spacial score (nSPS) is 10.5. The van der Waals surface area contributed by atoms with Gasteiger partial charge in [-0.3, -0.25) is 14.2 Å². The molecule has 0 aliphatic rings. The van der Waals surface area contributed by atoms with E-state index in [-0.39, 0.29) is 12.4 Å². The molecule has 2 aromatic heterocycles. The number of carbonyl (C=O) groups is 1. The molecule has 0 unspecified atom stereocenters. The van der Waals surface area contributed by atoms with E-state index in [4.69, 9.17) is 4.74 Å². The summed E-state index contributed by atoms with van der Waals surface area (Å²) in [7, 11) is 0. The number of hydrogen-bond donors (Lipinski definition) is 0. The van der Waals surface area contributed by atoms with E-state index in [0.29, 0.717) is 18.1 Å². The summed E-state index contributed by atoms with van der Waals surface area (Å²) in [6.45, 7) is 2.14. The zero-order valence-corrected chi connectivity index (χ0v) is 8.25. The van der Waals surface area contributed by atoms with Crippen molar-refractivity contribution in [1.82, 2.24) is 19.6 Å². The summed E-state index contributed by atoms with van der Waals surface area (Å²) in [4.78, 5) is 15.1. The third kappa shape index (κ3) is 1.93. The number of esters is 1. The van der Waals surface area contributed by atoms with E-state index in [1.54, 1.807) is 29.9 Å². The Bertz CT molecular complexity index is 480. The van der Waals surface area contributed by atoms with Crippen LogP contribution in [0.4, 0.5) is 0 Å². The quantitative estimate of drug-likeness (QED) is 0.672. The minimum atomic E-state index is -0.302. The van der Waals surface area contributed by atoms with Crippen LogP contribution in [0.15, 0.2) is 18.6 Å². The highest BCUT2D eigenvalue weighted by atomic mass is 16.5. The second-order valence-electron chi connectivity index (χ2n) is 2.90. The van der Waals surface area contributed by atoms with Gasteiger partial charge in [0.15, 0.2) is 5.65 Å². The van der Waals surface area contributed by atoms with Crippen molar-refractivity contribution in [3.05, 3.63) is 24.4 Å². The van der Waals surface area contributed by atoms with Crippen molar-refractivity contribution in [1.29, 1.82) is 0 Å². The van der Waals surface area contributed by atoms with Gasteiger partial charge in [0.25, 0.3) is 0 Å². The molecule has 0 atom stereocenters. The smallest absolute Gasteiger partial charge is 0.313 e. The van der Waals surface area contributed by atoms with Crippen molar-refractivity contribution in [3.8, 4) is 0 Å². The van der Waals surface area contributed by atoms with Gasteiger partial charge in [-0.1, -0.05) is 0 Å². The summed E-state index contributed by atoms with van der Waals surface area (Å²) in [5, 5.41) is 7.76. The molecule has 0 aliphatic carbocycles. The second-order valence-corrected chi connectivity index (χ2v) is 2.90. The Morgan fingerprint density at radius 1 is 1.53 bits per heavy atom. The molecule has 2 rings (SSSR count). The number of nitrogens with zero attached hydrogens (tertiary/aromatic N) is 4. The van der Waals surface area contributed by atoms with E-state index in [0.717, 1.165) is 0 Å². The van der Waals surface area contributed by atoms with Gasteiger partial charge < -0.3 is 4.74 Å². The van der Waals surface area contributed by atoms with Gasteiger partial charge in [-0.25, -0.2) is 0 Å². The molecule has 78 valence electrons. The molecular weight excluding hydrogens is 196 g/mol. The summed E-state index contributed by atoms with van der Waals surface area (Å²) in [6, 6.07) is 0. The maximum absolute atomic E-state index is 11.2. The third-order valence-corrected chi connectivity index (χ3v) is 1.89. The molecule has 2 aromatic rings. The molecule has 0 spiro atoms.